The smallest absolute Gasteiger partial charge is 0.102 e. The topological polar surface area (TPSA) is 15.3 Å². The van der Waals surface area contributed by atoms with Crippen LogP contribution >= 0.6 is 0 Å². The first-order chi connectivity index (χ1) is 8.69. The van der Waals surface area contributed by atoms with Crippen molar-refractivity contribution >= 4 is 0 Å². The van der Waals surface area contributed by atoms with Crippen molar-refractivity contribution in [3.8, 4) is 0 Å². The lowest BCUT2D eigenvalue weighted by Crippen LogP contribution is -2.60. The molecular formula is C15H23FN2. The fourth-order valence-electron chi connectivity index (χ4n) is 2.68. The van der Waals surface area contributed by atoms with Gasteiger partial charge >= 0.3 is 0 Å². The number of piperazine rings is 1. The Morgan fingerprint density at radius 1 is 1.39 bits per heavy atom. The van der Waals surface area contributed by atoms with E-state index >= 15 is 0 Å². The monoisotopic (exact) mass is 250 g/mol. The zero-order valence-electron chi connectivity index (χ0n) is 11.3. The minimum absolute atomic E-state index is 0.0807. The van der Waals surface area contributed by atoms with Crippen molar-refractivity contribution in [1.29, 1.82) is 0 Å². The average molecular weight is 250 g/mol. The second-order valence-corrected chi connectivity index (χ2v) is 5.33. The summed E-state index contributed by atoms with van der Waals surface area (Å²) in [6.07, 6.45) is 1.04. The standard InChI is InChI=1S/C15H23FN2/c1-3-15(2)12-17-14(11-18(15)10-9-16)13-7-5-4-6-8-13/h4-8,14,17H,3,9-12H2,1-2H3. The van der Waals surface area contributed by atoms with Crippen LogP contribution < -0.4 is 5.32 Å². The zero-order chi connectivity index (χ0) is 13.0. The summed E-state index contributed by atoms with van der Waals surface area (Å²) in [6, 6.07) is 10.7. The van der Waals surface area contributed by atoms with E-state index in [9.17, 15) is 4.39 Å². The maximum Gasteiger partial charge on any atom is 0.102 e. The highest BCUT2D eigenvalue weighted by molar-refractivity contribution is 5.20. The number of rotatable bonds is 4. The van der Waals surface area contributed by atoms with Gasteiger partial charge in [0.25, 0.3) is 0 Å². The third-order valence-corrected chi connectivity index (χ3v) is 4.21. The van der Waals surface area contributed by atoms with Gasteiger partial charge in [-0.2, -0.15) is 0 Å². The minimum Gasteiger partial charge on any atom is -0.307 e. The largest absolute Gasteiger partial charge is 0.307 e. The molecule has 0 aromatic heterocycles. The molecule has 0 saturated carbocycles. The van der Waals surface area contributed by atoms with Crippen LogP contribution in [0.25, 0.3) is 0 Å². The second-order valence-electron chi connectivity index (χ2n) is 5.33. The summed E-state index contributed by atoms with van der Waals surface area (Å²) in [4.78, 5) is 2.29. The van der Waals surface area contributed by atoms with Crippen molar-refractivity contribution in [1.82, 2.24) is 10.2 Å². The van der Waals surface area contributed by atoms with Gasteiger partial charge < -0.3 is 5.32 Å². The Bertz CT molecular complexity index is 368. The number of hydrogen-bond acceptors (Lipinski definition) is 2. The minimum atomic E-state index is -0.267. The SMILES string of the molecule is CCC1(C)CNC(c2ccccc2)CN1CCF. The Labute approximate surface area is 109 Å². The van der Waals surface area contributed by atoms with Crippen molar-refractivity contribution in [3.63, 3.8) is 0 Å². The van der Waals surface area contributed by atoms with Gasteiger partial charge in [0.15, 0.2) is 0 Å². The Hall–Kier alpha value is -0.930. The van der Waals surface area contributed by atoms with E-state index in [1.807, 2.05) is 6.07 Å². The lowest BCUT2D eigenvalue weighted by atomic mass is 9.90. The number of benzene rings is 1. The van der Waals surface area contributed by atoms with Crippen LogP contribution in [-0.2, 0) is 0 Å². The highest BCUT2D eigenvalue weighted by Crippen LogP contribution is 2.28. The first-order valence-electron chi connectivity index (χ1n) is 6.79. The Morgan fingerprint density at radius 2 is 2.11 bits per heavy atom. The van der Waals surface area contributed by atoms with Crippen LogP contribution in [0.5, 0.6) is 0 Å². The molecule has 2 rings (SSSR count). The van der Waals surface area contributed by atoms with Crippen LogP contribution in [0.15, 0.2) is 30.3 Å². The lowest BCUT2D eigenvalue weighted by Gasteiger charge is -2.47. The summed E-state index contributed by atoms with van der Waals surface area (Å²) >= 11 is 0. The van der Waals surface area contributed by atoms with Crippen LogP contribution in [0.2, 0.25) is 0 Å². The van der Waals surface area contributed by atoms with Gasteiger partial charge in [-0.05, 0) is 18.9 Å². The van der Waals surface area contributed by atoms with Gasteiger partial charge in [0.05, 0.1) is 0 Å². The molecular weight excluding hydrogens is 227 g/mol. The Balaban J connectivity index is 2.11. The summed E-state index contributed by atoms with van der Waals surface area (Å²) < 4.78 is 12.7. The van der Waals surface area contributed by atoms with Crippen LogP contribution in [-0.4, -0.2) is 36.7 Å². The maximum absolute atomic E-state index is 12.7. The highest BCUT2D eigenvalue weighted by atomic mass is 19.1. The van der Waals surface area contributed by atoms with Gasteiger partial charge in [0.1, 0.15) is 6.67 Å². The molecule has 0 radical (unpaired) electrons. The fourth-order valence-corrected chi connectivity index (χ4v) is 2.68. The summed E-state index contributed by atoms with van der Waals surface area (Å²) in [6.45, 7) is 6.47. The summed E-state index contributed by atoms with van der Waals surface area (Å²) in [5, 5.41) is 3.60. The van der Waals surface area contributed by atoms with Gasteiger partial charge in [0, 0.05) is 31.2 Å². The van der Waals surface area contributed by atoms with Crippen LogP contribution in [0.1, 0.15) is 31.9 Å². The first-order valence-corrected chi connectivity index (χ1v) is 6.79. The molecule has 0 bridgehead atoms. The molecule has 1 saturated heterocycles. The molecule has 2 nitrogen and oxygen atoms in total. The summed E-state index contributed by atoms with van der Waals surface area (Å²) in [5.41, 5.74) is 1.37. The predicted molar refractivity (Wildman–Crippen MR) is 73.4 cm³/mol. The van der Waals surface area contributed by atoms with Crippen molar-refractivity contribution in [2.45, 2.75) is 31.8 Å². The Kier molecular flexibility index (Phi) is 4.36. The van der Waals surface area contributed by atoms with Gasteiger partial charge in [-0.1, -0.05) is 37.3 Å². The van der Waals surface area contributed by atoms with Crippen molar-refractivity contribution in [2.24, 2.45) is 0 Å². The van der Waals surface area contributed by atoms with Crippen molar-refractivity contribution in [3.05, 3.63) is 35.9 Å². The van der Waals surface area contributed by atoms with Gasteiger partial charge in [-0.3, -0.25) is 4.90 Å². The molecule has 3 heteroatoms. The molecule has 1 heterocycles. The van der Waals surface area contributed by atoms with E-state index in [0.29, 0.717) is 12.6 Å². The van der Waals surface area contributed by atoms with E-state index in [1.165, 1.54) is 5.56 Å². The summed E-state index contributed by atoms with van der Waals surface area (Å²) in [5.74, 6) is 0. The Morgan fingerprint density at radius 3 is 2.72 bits per heavy atom. The first kappa shape index (κ1) is 13.5. The van der Waals surface area contributed by atoms with Crippen molar-refractivity contribution < 1.29 is 4.39 Å². The second kappa shape index (κ2) is 5.81. The number of nitrogens with one attached hydrogen (secondary N) is 1. The van der Waals surface area contributed by atoms with Crippen LogP contribution in [0.3, 0.4) is 0 Å². The van der Waals surface area contributed by atoms with Crippen molar-refractivity contribution in [2.75, 3.05) is 26.3 Å². The number of nitrogens with zero attached hydrogens (tertiary/aromatic N) is 1. The molecule has 0 aliphatic carbocycles. The van der Waals surface area contributed by atoms with Gasteiger partial charge in [0.2, 0.25) is 0 Å². The van der Waals surface area contributed by atoms with Crippen LogP contribution in [0, 0.1) is 0 Å². The average Bonchev–Trinajstić information content (AvgIpc) is 2.42. The quantitative estimate of drug-likeness (QED) is 0.884. The molecule has 1 aliphatic rings. The number of hydrogen-bond donors (Lipinski definition) is 1. The number of halogens is 1. The van der Waals surface area contributed by atoms with Gasteiger partial charge in [-0.25, -0.2) is 4.39 Å². The van der Waals surface area contributed by atoms with E-state index in [0.717, 1.165) is 19.5 Å². The third-order valence-electron chi connectivity index (χ3n) is 4.21. The van der Waals surface area contributed by atoms with E-state index in [-0.39, 0.29) is 12.2 Å². The number of alkyl halides is 1. The fraction of sp³-hybridized carbons (Fsp3) is 0.600. The predicted octanol–water partition coefficient (Wildman–Crippen LogP) is 2.77. The van der Waals surface area contributed by atoms with Crippen LogP contribution in [0.4, 0.5) is 4.39 Å². The normalized spacial score (nSPS) is 29.4. The molecule has 1 N–H and O–H groups in total. The molecule has 0 spiro atoms. The van der Waals surface area contributed by atoms with E-state index in [1.54, 1.807) is 0 Å². The molecule has 0 amide bonds. The third kappa shape index (κ3) is 2.73. The highest BCUT2D eigenvalue weighted by Gasteiger charge is 2.36. The summed E-state index contributed by atoms with van der Waals surface area (Å²) in [7, 11) is 0. The molecule has 100 valence electrons. The molecule has 1 aromatic rings. The van der Waals surface area contributed by atoms with E-state index in [2.05, 4.69) is 48.3 Å². The molecule has 18 heavy (non-hydrogen) atoms. The zero-order valence-corrected chi connectivity index (χ0v) is 11.3. The van der Waals surface area contributed by atoms with Gasteiger partial charge in [-0.15, -0.1) is 0 Å². The van der Waals surface area contributed by atoms with E-state index < -0.39 is 0 Å². The molecule has 2 unspecified atom stereocenters. The molecule has 1 aliphatic heterocycles. The molecule has 2 atom stereocenters. The molecule has 1 fully saturated rings. The van der Waals surface area contributed by atoms with E-state index in [4.69, 9.17) is 0 Å². The lowest BCUT2D eigenvalue weighted by molar-refractivity contribution is 0.0435. The maximum atomic E-state index is 12.7. The molecule has 1 aromatic carbocycles.